The highest BCUT2D eigenvalue weighted by molar-refractivity contribution is 5.74. The smallest absolute Gasteiger partial charge is 0.317 e. The van der Waals surface area contributed by atoms with Crippen molar-refractivity contribution in [3.05, 3.63) is 30.1 Å². The van der Waals surface area contributed by atoms with Crippen molar-refractivity contribution in [1.29, 1.82) is 0 Å². The second-order valence-corrected chi connectivity index (χ2v) is 6.74. The van der Waals surface area contributed by atoms with E-state index in [1.54, 1.807) is 12.1 Å². The summed E-state index contributed by atoms with van der Waals surface area (Å²) < 4.78 is 18.9. The summed E-state index contributed by atoms with van der Waals surface area (Å²) in [7, 11) is 0. The molecule has 1 unspecified atom stereocenters. The number of carboxylic acids is 1. The maximum atomic E-state index is 13.2. The minimum Gasteiger partial charge on any atom is -0.489 e. The van der Waals surface area contributed by atoms with E-state index in [0.29, 0.717) is 25.3 Å². The molecular formula is C19H28FN3O4. The number of halogens is 1. The molecule has 7 nitrogen and oxygen atoms in total. The van der Waals surface area contributed by atoms with Crippen molar-refractivity contribution in [3.63, 3.8) is 0 Å². The Balaban J connectivity index is 1.69. The first-order valence-corrected chi connectivity index (χ1v) is 9.33. The lowest BCUT2D eigenvalue weighted by Gasteiger charge is -2.42. The average Bonchev–Trinajstić information content (AvgIpc) is 2.59. The lowest BCUT2D eigenvalue weighted by Crippen LogP contribution is -2.56. The second kappa shape index (κ2) is 10.1. The van der Waals surface area contributed by atoms with E-state index in [1.165, 1.54) is 12.1 Å². The standard InChI is InChI=1S/C19H28FN3O4/c1-3-16(27-17-7-5-6-13(20)8-17)11-21-19(26)22-14-9-15(10-14)23(4-2)12-18(24)25/h5-8,14-16H,3-4,9-12H2,1-2H3,(H,24,25)(H2,21,22,26). The van der Waals surface area contributed by atoms with Gasteiger partial charge in [-0.2, -0.15) is 0 Å². The summed E-state index contributed by atoms with van der Waals surface area (Å²) in [5.74, 6) is -0.768. The van der Waals surface area contributed by atoms with Gasteiger partial charge >= 0.3 is 12.0 Å². The number of hydrogen-bond acceptors (Lipinski definition) is 4. The summed E-state index contributed by atoms with van der Waals surface area (Å²) in [6.07, 6.45) is 1.90. The van der Waals surface area contributed by atoms with E-state index in [2.05, 4.69) is 10.6 Å². The first-order valence-electron chi connectivity index (χ1n) is 9.33. The van der Waals surface area contributed by atoms with E-state index >= 15 is 0 Å². The molecule has 1 aromatic rings. The Labute approximate surface area is 158 Å². The molecule has 1 saturated carbocycles. The normalized spacial score (nSPS) is 19.9. The molecule has 0 aliphatic heterocycles. The van der Waals surface area contributed by atoms with Crippen LogP contribution in [0, 0.1) is 5.82 Å². The zero-order valence-electron chi connectivity index (χ0n) is 15.8. The number of hydrogen-bond donors (Lipinski definition) is 3. The molecule has 1 aliphatic rings. The molecule has 27 heavy (non-hydrogen) atoms. The topological polar surface area (TPSA) is 90.9 Å². The largest absolute Gasteiger partial charge is 0.489 e. The van der Waals surface area contributed by atoms with Gasteiger partial charge in [0.15, 0.2) is 0 Å². The Hall–Kier alpha value is -2.35. The number of benzene rings is 1. The van der Waals surface area contributed by atoms with Gasteiger partial charge in [0.2, 0.25) is 0 Å². The molecule has 8 heteroatoms. The average molecular weight is 381 g/mol. The van der Waals surface area contributed by atoms with Crippen molar-refractivity contribution < 1.29 is 23.8 Å². The number of aliphatic carboxylic acids is 1. The molecule has 0 aromatic heterocycles. The molecular weight excluding hydrogens is 353 g/mol. The number of likely N-dealkylation sites (N-methyl/N-ethyl adjacent to an activating group) is 1. The fraction of sp³-hybridized carbons (Fsp3) is 0.579. The number of nitrogens with one attached hydrogen (secondary N) is 2. The Morgan fingerprint density at radius 1 is 1.37 bits per heavy atom. The van der Waals surface area contributed by atoms with Crippen molar-refractivity contribution in [2.75, 3.05) is 19.6 Å². The van der Waals surface area contributed by atoms with Crippen molar-refractivity contribution in [2.24, 2.45) is 0 Å². The summed E-state index contributed by atoms with van der Waals surface area (Å²) in [6, 6.07) is 5.88. The molecule has 2 rings (SSSR count). The zero-order valence-corrected chi connectivity index (χ0v) is 15.8. The minimum atomic E-state index is -0.838. The fourth-order valence-electron chi connectivity index (χ4n) is 3.12. The van der Waals surface area contributed by atoms with Crippen molar-refractivity contribution >= 4 is 12.0 Å². The van der Waals surface area contributed by atoms with Gasteiger partial charge in [0.1, 0.15) is 17.7 Å². The predicted octanol–water partition coefficient (Wildman–Crippen LogP) is 2.22. The first kappa shape index (κ1) is 21.0. The first-order chi connectivity index (χ1) is 12.9. The SMILES string of the molecule is CCC(CNC(=O)NC1CC(N(CC)CC(=O)O)C1)Oc1cccc(F)c1. The summed E-state index contributed by atoms with van der Waals surface area (Å²) >= 11 is 0. The molecule has 0 saturated heterocycles. The van der Waals surface area contributed by atoms with Crippen molar-refractivity contribution in [1.82, 2.24) is 15.5 Å². The third-order valence-electron chi connectivity index (χ3n) is 4.75. The van der Waals surface area contributed by atoms with Gasteiger partial charge in [0.05, 0.1) is 13.1 Å². The molecule has 150 valence electrons. The van der Waals surface area contributed by atoms with Gasteiger partial charge in [-0.3, -0.25) is 9.69 Å². The molecule has 0 radical (unpaired) electrons. The van der Waals surface area contributed by atoms with E-state index in [4.69, 9.17) is 9.84 Å². The highest BCUT2D eigenvalue weighted by Gasteiger charge is 2.34. The van der Waals surface area contributed by atoms with E-state index in [-0.39, 0.29) is 36.6 Å². The molecule has 3 N–H and O–H groups in total. The van der Waals surface area contributed by atoms with E-state index in [1.807, 2.05) is 18.7 Å². The summed E-state index contributed by atoms with van der Waals surface area (Å²) in [5, 5.41) is 14.6. The molecule has 2 amide bonds. The maximum absolute atomic E-state index is 13.2. The Morgan fingerprint density at radius 3 is 2.70 bits per heavy atom. The van der Waals surface area contributed by atoms with Crippen molar-refractivity contribution in [2.45, 2.75) is 51.3 Å². The number of ether oxygens (including phenoxy) is 1. The Morgan fingerprint density at radius 2 is 2.11 bits per heavy atom. The van der Waals surface area contributed by atoms with Crippen molar-refractivity contribution in [3.8, 4) is 5.75 Å². The minimum absolute atomic E-state index is 0.0235. The Kier molecular flexibility index (Phi) is 7.84. The van der Waals surface area contributed by atoms with Crippen LogP contribution in [0.1, 0.15) is 33.1 Å². The number of amides is 2. The van der Waals surface area contributed by atoms with Crippen LogP contribution >= 0.6 is 0 Å². The van der Waals surface area contributed by atoms with Crippen LogP contribution in [0.15, 0.2) is 24.3 Å². The summed E-state index contributed by atoms with van der Waals surface area (Å²) in [5.41, 5.74) is 0. The van der Waals surface area contributed by atoms with Gasteiger partial charge in [0, 0.05) is 18.2 Å². The molecule has 1 aliphatic carbocycles. The van der Waals surface area contributed by atoms with Crippen LogP contribution < -0.4 is 15.4 Å². The second-order valence-electron chi connectivity index (χ2n) is 6.74. The highest BCUT2D eigenvalue weighted by atomic mass is 19.1. The number of rotatable bonds is 10. The monoisotopic (exact) mass is 381 g/mol. The predicted molar refractivity (Wildman–Crippen MR) is 99.3 cm³/mol. The van der Waals surface area contributed by atoms with Gasteiger partial charge in [-0.25, -0.2) is 9.18 Å². The zero-order chi connectivity index (χ0) is 19.8. The van der Waals surface area contributed by atoms with Crippen LogP contribution in [-0.4, -0.2) is 59.8 Å². The van der Waals surface area contributed by atoms with E-state index < -0.39 is 5.97 Å². The highest BCUT2D eigenvalue weighted by Crippen LogP contribution is 2.25. The molecule has 0 spiro atoms. The molecule has 1 fully saturated rings. The lowest BCUT2D eigenvalue weighted by atomic mass is 9.85. The van der Waals surface area contributed by atoms with Gasteiger partial charge in [0.25, 0.3) is 0 Å². The maximum Gasteiger partial charge on any atom is 0.317 e. The van der Waals surface area contributed by atoms with Crippen LogP contribution in [0.25, 0.3) is 0 Å². The molecule has 1 aromatic carbocycles. The third kappa shape index (κ3) is 6.71. The van der Waals surface area contributed by atoms with Gasteiger partial charge in [-0.15, -0.1) is 0 Å². The van der Waals surface area contributed by atoms with E-state index in [0.717, 1.165) is 12.8 Å². The fourth-order valence-corrected chi connectivity index (χ4v) is 3.12. The number of carbonyl (C=O) groups excluding carboxylic acids is 1. The quantitative estimate of drug-likeness (QED) is 0.578. The van der Waals surface area contributed by atoms with Gasteiger partial charge in [-0.1, -0.05) is 19.9 Å². The molecule has 0 bridgehead atoms. The summed E-state index contributed by atoms with van der Waals surface area (Å²) in [4.78, 5) is 24.8. The van der Waals surface area contributed by atoms with Crippen LogP contribution in [0.4, 0.5) is 9.18 Å². The van der Waals surface area contributed by atoms with Gasteiger partial charge in [-0.05, 0) is 37.9 Å². The number of nitrogens with zero attached hydrogens (tertiary/aromatic N) is 1. The lowest BCUT2D eigenvalue weighted by molar-refractivity contribution is -0.139. The number of carboxylic acid groups (broad SMARTS) is 1. The van der Waals surface area contributed by atoms with Crippen LogP contribution in [-0.2, 0) is 4.79 Å². The summed E-state index contributed by atoms with van der Waals surface area (Å²) in [6.45, 7) is 4.87. The van der Waals surface area contributed by atoms with E-state index in [9.17, 15) is 14.0 Å². The molecule has 0 heterocycles. The van der Waals surface area contributed by atoms with Crippen LogP contribution in [0.2, 0.25) is 0 Å². The number of urea groups is 1. The number of carbonyl (C=O) groups is 2. The van der Waals surface area contributed by atoms with Crippen LogP contribution in [0.5, 0.6) is 5.75 Å². The van der Waals surface area contributed by atoms with Crippen LogP contribution in [0.3, 0.4) is 0 Å². The molecule has 1 atom stereocenters. The third-order valence-corrected chi connectivity index (χ3v) is 4.75. The Bertz CT molecular complexity index is 637. The van der Waals surface area contributed by atoms with Gasteiger partial charge < -0.3 is 20.5 Å².